The Kier molecular flexibility index (Phi) is 4.99. The van der Waals surface area contributed by atoms with Crippen LogP contribution in [-0.2, 0) is 6.54 Å². The maximum atomic E-state index is 12.3. The van der Waals surface area contributed by atoms with Gasteiger partial charge in [0.25, 0.3) is 5.91 Å². The first kappa shape index (κ1) is 17.0. The molecule has 0 saturated carbocycles. The van der Waals surface area contributed by atoms with E-state index in [-0.39, 0.29) is 17.4 Å². The Morgan fingerprint density at radius 1 is 1.20 bits per heavy atom. The quantitative estimate of drug-likeness (QED) is 0.684. The van der Waals surface area contributed by atoms with Crippen molar-refractivity contribution >= 4 is 27.7 Å². The van der Waals surface area contributed by atoms with Crippen LogP contribution in [0.25, 0.3) is 5.69 Å². The highest BCUT2D eigenvalue weighted by atomic mass is 79.9. The van der Waals surface area contributed by atoms with E-state index in [1.54, 1.807) is 7.11 Å². The Labute approximate surface area is 152 Å². The van der Waals surface area contributed by atoms with Crippen LogP contribution in [0, 0.1) is 0 Å². The van der Waals surface area contributed by atoms with Crippen molar-refractivity contribution in [3.63, 3.8) is 0 Å². The van der Waals surface area contributed by atoms with Gasteiger partial charge in [0.2, 0.25) is 0 Å². The summed E-state index contributed by atoms with van der Waals surface area (Å²) in [5.41, 5.74) is 7.79. The highest BCUT2D eigenvalue weighted by molar-refractivity contribution is 9.10. The molecule has 3 N–H and O–H groups in total. The summed E-state index contributed by atoms with van der Waals surface area (Å²) in [5, 5.41) is 10.6. The Balaban J connectivity index is 1.71. The smallest absolute Gasteiger partial charge is 0.275 e. The lowest BCUT2D eigenvalue weighted by molar-refractivity contribution is 0.0947. The second kappa shape index (κ2) is 7.35. The predicted octanol–water partition coefficient (Wildman–Crippen LogP) is 2.55. The van der Waals surface area contributed by atoms with Crippen LogP contribution in [0.4, 0.5) is 5.82 Å². The van der Waals surface area contributed by atoms with Crippen molar-refractivity contribution in [1.29, 1.82) is 0 Å². The van der Waals surface area contributed by atoms with E-state index in [2.05, 4.69) is 31.6 Å². The third-order valence-electron chi connectivity index (χ3n) is 3.60. The standard InChI is InChI=1S/C17H16BrN5O2/c1-25-14-8-2-11(3-9-14)10-20-17(24)15-16(19)23(22-21-15)13-6-4-12(18)5-7-13/h2-9H,10,19H2,1H3,(H,20,24). The molecule has 0 unspecified atom stereocenters. The molecule has 0 bridgehead atoms. The second-order valence-corrected chi connectivity index (χ2v) is 6.16. The summed E-state index contributed by atoms with van der Waals surface area (Å²) in [6.07, 6.45) is 0. The van der Waals surface area contributed by atoms with Gasteiger partial charge in [-0.15, -0.1) is 5.10 Å². The molecule has 3 rings (SSSR count). The molecule has 0 aliphatic rings. The molecule has 7 nitrogen and oxygen atoms in total. The van der Waals surface area contributed by atoms with E-state index >= 15 is 0 Å². The fraction of sp³-hybridized carbons (Fsp3) is 0.118. The third kappa shape index (κ3) is 3.80. The van der Waals surface area contributed by atoms with Crippen molar-refractivity contribution in [2.75, 3.05) is 12.8 Å². The van der Waals surface area contributed by atoms with E-state index in [1.807, 2.05) is 48.5 Å². The van der Waals surface area contributed by atoms with Gasteiger partial charge in [-0.3, -0.25) is 4.79 Å². The minimum absolute atomic E-state index is 0.0939. The number of carbonyl (C=O) groups is 1. The maximum absolute atomic E-state index is 12.3. The van der Waals surface area contributed by atoms with Crippen molar-refractivity contribution < 1.29 is 9.53 Å². The Morgan fingerprint density at radius 3 is 2.52 bits per heavy atom. The number of hydrogen-bond acceptors (Lipinski definition) is 5. The minimum atomic E-state index is -0.378. The molecule has 0 fully saturated rings. The molecule has 25 heavy (non-hydrogen) atoms. The number of hydrogen-bond donors (Lipinski definition) is 2. The summed E-state index contributed by atoms with van der Waals surface area (Å²) in [6, 6.07) is 14.8. The molecular weight excluding hydrogens is 386 g/mol. The molecule has 0 saturated heterocycles. The average molecular weight is 402 g/mol. The molecule has 128 valence electrons. The summed E-state index contributed by atoms with van der Waals surface area (Å²) in [6.45, 7) is 0.355. The largest absolute Gasteiger partial charge is 0.497 e. The van der Waals surface area contributed by atoms with E-state index in [1.165, 1.54) is 4.68 Å². The van der Waals surface area contributed by atoms with Crippen LogP contribution in [0.5, 0.6) is 5.75 Å². The van der Waals surface area contributed by atoms with Crippen LogP contribution >= 0.6 is 15.9 Å². The molecule has 0 atom stereocenters. The van der Waals surface area contributed by atoms with E-state index in [0.29, 0.717) is 6.54 Å². The summed E-state index contributed by atoms with van der Waals surface area (Å²) in [7, 11) is 1.61. The molecule has 2 aromatic carbocycles. The first-order valence-corrected chi connectivity index (χ1v) is 8.26. The van der Waals surface area contributed by atoms with Gasteiger partial charge in [-0.1, -0.05) is 33.3 Å². The van der Waals surface area contributed by atoms with Crippen LogP contribution in [0.3, 0.4) is 0 Å². The number of halogens is 1. The number of nitrogen functional groups attached to an aromatic ring is 1. The SMILES string of the molecule is COc1ccc(CNC(=O)c2nnn(-c3ccc(Br)cc3)c2N)cc1. The summed E-state index contributed by atoms with van der Waals surface area (Å²) < 4.78 is 7.47. The molecular formula is C17H16BrN5O2. The number of rotatable bonds is 5. The first-order valence-electron chi connectivity index (χ1n) is 7.46. The molecule has 0 spiro atoms. The highest BCUT2D eigenvalue weighted by Gasteiger charge is 2.18. The molecule has 0 aliphatic heterocycles. The van der Waals surface area contributed by atoms with Gasteiger partial charge in [0.05, 0.1) is 12.8 Å². The molecule has 1 amide bonds. The van der Waals surface area contributed by atoms with E-state index in [4.69, 9.17) is 10.5 Å². The Hall–Kier alpha value is -2.87. The van der Waals surface area contributed by atoms with Gasteiger partial charge in [0.15, 0.2) is 11.5 Å². The van der Waals surface area contributed by atoms with Crippen molar-refractivity contribution in [2.45, 2.75) is 6.54 Å². The van der Waals surface area contributed by atoms with Gasteiger partial charge in [-0.2, -0.15) is 4.68 Å². The van der Waals surface area contributed by atoms with Crippen LogP contribution in [-0.4, -0.2) is 28.0 Å². The van der Waals surface area contributed by atoms with Gasteiger partial charge in [-0.05, 0) is 42.0 Å². The van der Waals surface area contributed by atoms with Gasteiger partial charge >= 0.3 is 0 Å². The molecule has 0 radical (unpaired) electrons. The second-order valence-electron chi connectivity index (χ2n) is 5.24. The number of anilines is 1. The van der Waals surface area contributed by atoms with Crippen LogP contribution in [0.2, 0.25) is 0 Å². The van der Waals surface area contributed by atoms with Gasteiger partial charge in [-0.25, -0.2) is 0 Å². The lowest BCUT2D eigenvalue weighted by Crippen LogP contribution is -2.24. The van der Waals surface area contributed by atoms with Gasteiger partial charge < -0.3 is 15.8 Å². The normalized spacial score (nSPS) is 10.5. The van der Waals surface area contributed by atoms with Crippen molar-refractivity contribution in [1.82, 2.24) is 20.3 Å². The van der Waals surface area contributed by atoms with Gasteiger partial charge in [0.1, 0.15) is 5.75 Å². The number of methoxy groups -OCH3 is 1. The number of nitrogens with one attached hydrogen (secondary N) is 1. The van der Waals surface area contributed by atoms with E-state index in [0.717, 1.165) is 21.5 Å². The fourth-order valence-corrected chi connectivity index (χ4v) is 2.50. The van der Waals surface area contributed by atoms with E-state index in [9.17, 15) is 4.79 Å². The summed E-state index contributed by atoms with van der Waals surface area (Å²) in [4.78, 5) is 12.3. The molecule has 0 aliphatic carbocycles. The lowest BCUT2D eigenvalue weighted by atomic mass is 10.2. The van der Waals surface area contributed by atoms with Crippen molar-refractivity contribution in [3.8, 4) is 11.4 Å². The summed E-state index contributed by atoms with van der Waals surface area (Å²) in [5.74, 6) is 0.572. The van der Waals surface area contributed by atoms with Crippen molar-refractivity contribution in [2.24, 2.45) is 0 Å². The number of amides is 1. The summed E-state index contributed by atoms with van der Waals surface area (Å²) >= 11 is 3.37. The zero-order chi connectivity index (χ0) is 17.8. The predicted molar refractivity (Wildman–Crippen MR) is 97.6 cm³/mol. The first-order chi connectivity index (χ1) is 12.1. The highest BCUT2D eigenvalue weighted by Crippen LogP contribution is 2.18. The zero-order valence-electron chi connectivity index (χ0n) is 13.4. The third-order valence-corrected chi connectivity index (χ3v) is 4.13. The van der Waals surface area contributed by atoms with Crippen molar-refractivity contribution in [3.05, 3.63) is 64.3 Å². The van der Waals surface area contributed by atoms with Gasteiger partial charge in [0, 0.05) is 11.0 Å². The number of benzene rings is 2. The average Bonchev–Trinajstić information content (AvgIpc) is 3.02. The Morgan fingerprint density at radius 2 is 1.88 bits per heavy atom. The monoisotopic (exact) mass is 401 g/mol. The van der Waals surface area contributed by atoms with Crippen LogP contribution in [0.1, 0.15) is 16.1 Å². The van der Waals surface area contributed by atoms with Crippen LogP contribution < -0.4 is 15.8 Å². The number of ether oxygens (including phenoxy) is 1. The minimum Gasteiger partial charge on any atom is -0.497 e. The molecule has 3 aromatic rings. The molecule has 1 aromatic heterocycles. The van der Waals surface area contributed by atoms with Crippen LogP contribution in [0.15, 0.2) is 53.0 Å². The maximum Gasteiger partial charge on any atom is 0.275 e. The topological polar surface area (TPSA) is 95.1 Å². The number of carbonyl (C=O) groups excluding carboxylic acids is 1. The Bertz CT molecular complexity index is 875. The zero-order valence-corrected chi connectivity index (χ0v) is 15.0. The number of aromatic nitrogens is 3. The number of nitrogens with zero attached hydrogens (tertiary/aromatic N) is 3. The molecule has 1 heterocycles. The van der Waals surface area contributed by atoms with E-state index < -0.39 is 0 Å². The molecule has 8 heteroatoms. The fourth-order valence-electron chi connectivity index (χ4n) is 2.23. The lowest BCUT2D eigenvalue weighted by Gasteiger charge is -2.06. The number of nitrogens with two attached hydrogens (primary N) is 1.